The van der Waals surface area contributed by atoms with Gasteiger partial charge in [-0.25, -0.2) is 4.98 Å². The van der Waals surface area contributed by atoms with Gasteiger partial charge < -0.3 is 14.8 Å². The van der Waals surface area contributed by atoms with Crippen LogP contribution in [0.2, 0.25) is 0 Å². The summed E-state index contributed by atoms with van der Waals surface area (Å²) in [5, 5.41) is 13.2. The second kappa shape index (κ2) is 6.09. The first-order valence-electron chi connectivity index (χ1n) is 8.78. The van der Waals surface area contributed by atoms with Crippen molar-refractivity contribution < 1.29 is 19.1 Å². The van der Waals surface area contributed by atoms with E-state index in [4.69, 9.17) is 4.42 Å². The summed E-state index contributed by atoms with van der Waals surface area (Å²) in [6, 6.07) is 13.9. The Labute approximate surface area is 159 Å². The zero-order valence-electron chi connectivity index (χ0n) is 14.6. The summed E-state index contributed by atoms with van der Waals surface area (Å²) in [5.74, 6) is -0.675. The Balaban J connectivity index is 1.38. The summed E-state index contributed by atoms with van der Waals surface area (Å²) in [7, 11) is 0. The normalized spacial score (nSPS) is 17.6. The minimum absolute atomic E-state index is 0.183. The van der Waals surface area contributed by atoms with Gasteiger partial charge in [-0.05, 0) is 35.9 Å². The van der Waals surface area contributed by atoms with Crippen LogP contribution >= 0.6 is 0 Å². The Morgan fingerprint density at radius 3 is 2.71 bits per heavy atom. The average Bonchev–Trinajstić information content (AvgIpc) is 3.40. The lowest BCUT2D eigenvalue weighted by atomic mass is 10.1. The highest BCUT2D eigenvalue weighted by Gasteiger charge is 2.47. The monoisotopic (exact) mass is 373 g/mol. The second-order valence-corrected chi connectivity index (χ2v) is 6.68. The molecule has 0 saturated carbocycles. The van der Waals surface area contributed by atoms with Crippen LogP contribution in [0, 0.1) is 0 Å². The average molecular weight is 373 g/mol. The van der Waals surface area contributed by atoms with Crippen LogP contribution in [-0.4, -0.2) is 27.9 Å². The first-order chi connectivity index (χ1) is 13.6. The van der Waals surface area contributed by atoms with Gasteiger partial charge in [-0.2, -0.15) is 0 Å². The molecule has 1 unspecified atom stereocenters. The Morgan fingerprint density at radius 2 is 1.96 bits per heavy atom. The fourth-order valence-corrected chi connectivity index (χ4v) is 3.74. The van der Waals surface area contributed by atoms with Crippen molar-refractivity contribution in [2.24, 2.45) is 0 Å². The number of hydrogen-bond donors (Lipinski definition) is 2. The van der Waals surface area contributed by atoms with E-state index in [2.05, 4.69) is 10.3 Å². The summed E-state index contributed by atoms with van der Waals surface area (Å²) >= 11 is 0. The van der Waals surface area contributed by atoms with Crippen molar-refractivity contribution in [1.82, 2.24) is 4.98 Å². The maximum atomic E-state index is 12.8. The molecule has 3 aromatic rings. The van der Waals surface area contributed by atoms with Crippen molar-refractivity contribution in [3.8, 4) is 11.3 Å². The molecule has 0 spiro atoms. The Bertz CT molecular complexity index is 1120. The molecule has 5 rings (SSSR count). The fraction of sp³-hybridized carbons (Fsp3) is 0.0952. The van der Waals surface area contributed by atoms with Gasteiger partial charge in [0, 0.05) is 23.4 Å². The molecule has 2 aliphatic rings. The number of amides is 2. The molecule has 2 N–H and O–H groups in total. The van der Waals surface area contributed by atoms with Gasteiger partial charge in [0.05, 0.1) is 12.2 Å². The van der Waals surface area contributed by atoms with Crippen LogP contribution in [0.3, 0.4) is 0 Å². The highest BCUT2D eigenvalue weighted by Crippen LogP contribution is 2.40. The lowest BCUT2D eigenvalue weighted by Crippen LogP contribution is -2.33. The van der Waals surface area contributed by atoms with E-state index >= 15 is 0 Å². The predicted octanol–water partition coefficient (Wildman–Crippen LogP) is 3.06. The molecule has 28 heavy (non-hydrogen) atoms. The van der Waals surface area contributed by atoms with E-state index in [-0.39, 0.29) is 11.3 Å². The number of aromatic nitrogens is 1. The minimum atomic E-state index is -0.623. The first kappa shape index (κ1) is 16.3. The SMILES string of the molecule is O=C(Nc1ccc(-c2cnco2)cc1)C1=C(O)C2Cc3ccccc3N2C1=O. The highest BCUT2D eigenvalue weighted by molar-refractivity contribution is 6.30. The van der Waals surface area contributed by atoms with Crippen LogP contribution in [0.25, 0.3) is 11.3 Å². The van der Waals surface area contributed by atoms with Gasteiger partial charge in [-0.3, -0.25) is 14.5 Å². The molecular formula is C21H15N3O4. The summed E-state index contributed by atoms with van der Waals surface area (Å²) < 4.78 is 5.23. The van der Waals surface area contributed by atoms with Gasteiger partial charge in [0.2, 0.25) is 0 Å². The van der Waals surface area contributed by atoms with Crippen molar-refractivity contribution >= 4 is 23.2 Å². The molecule has 2 aromatic carbocycles. The third kappa shape index (κ3) is 2.40. The van der Waals surface area contributed by atoms with Gasteiger partial charge in [0.1, 0.15) is 11.3 Å². The number of aliphatic hydroxyl groups is 1. The quantitative estimate of drug-likeness (QED) is 0.688. The summed E-state index contributed by atoms with van der Waals surface area (Å²) in [5.41, 5.74) is 2.83. The van der Waals surface area contributed by atoms with Crippen molar-refractivity contribution in [3.63, 3.8) is 0 Å². The molecule has 3 heterocycles. The molecular weight excluding hydrogens is 358 g/mol. The molecule has 0 bridgehead atoms. The number of rotatable bonds is 3. The summed E-state index contributed by atoms with van der Waals surface area (Å²) in [4.78, 5) is 30.9. The molecule has 7 heteroatoms. The number of para-hydroxylation sites is 1. The van der Waals surface area contributed by atoms with Crippen LogP contribution in [-0.2, 0) is 16.0 Å². The molecule has 2 amide bonds. The maximum absolute atomic E-state index is 12.8. The first-order valence-corrected chi connectivity index (χ1v) is 8.78. The van der Waals surface area contributed by atoms with Gasteiger partial charge in [-0.1, -0.05) is 18.2 Å². The van der Waals surface area contributed by atoms with Crippen LogP contribution in [0.1, 0.15) is 5.56 Å². The number of oxazole rings is 1. The summed E-state index contributed by atoms with van der Waals surface area (Å²) in [6.45, 7) is 0. The second-order valence-electron chi connectivity index (χ2n) is 6.68. The van der Waals surface area contributed by atoms with E-state index in [1.165, 1.54) is 11.3 Å². The molecule has 138 valence electrons. The van der Waals surface area contributed by atoms with E-state index in [0.717, 1.165) is 16.8 Å². The zero-order chi connectivity index (χ0) is 19.3. The number of carbonyl (C=O) groups is 2. The third-order valence-electron chi connectivity index (χ3n) is 5.07. The summed E-state index contributed by atoms with van der Waals surface area (Å²) in [6.07, 6.45) is 3.44. The fourth-order valence-electron chi connectivity index (χ4n) is 3.74. The number of benzene rings is 2. The number of aliphatic hydroxyl groups excluding tert-OH is 1. The third-order valence-corrected chi connectivity index (χ3v) is 5.07. The molecule has 1 atom stereocenters. The number of nitrogens with one attached hydrogen (secondary N) is 1. The lowest BCUT2D eigenvalue weighted by Gasteiger charge is -2.17. The van der Waals surface area contributed by atoms with E-state index in [9.17, 15) is 14.7 Å². The largest absolute Gasteiger partial charge is 0.509 e. The van der Waals surface area contributed by atoms with Crippen molar-refractivity contribution in [2.45, 2.75) is 12.5 Å². The number of hydrogen-bond acceptors (Lipinski definition) is 5. The Hall–Kier alpha value is -3.87. The standard InChI is InChI=1S/C21H15N3O4/c25-19-16-9-13-3-1-2-4-15(13)24(16)21(27)18(19)20(26)23-14-7-5-12(6-8-14)17-10-22-11-28-17/h1-8,10-11,16,25H,9H2,(H,23,26). The number of fused-ring (bicyclic) bond motifs is 3. The molecule has 7 nitrogen and oxygen atoms in total. The number of nitrogens with zero attached hydrogens (tertiary/aromatic N) is 2. The predicted molar refractivity (Wildman–Crippen MR) is 102 cm³/mol. The van der Waals surface area contributed by atoms with Crippen molar-refractivity contribution in [2.75, 3.05) is 10.2 Å². The molecule has 0 radical (unpaired) electrons. The minimum Gasteiger partial charge on any atom is -0.509 e. The number of carbonyl (C=O) groups excluding carboxylic acids is 2. The van der Waals surface area contributed by atoms with Crippen LogP contribution in [0.4, 0.5) is 11.4 Å². The van der Waals surface area contributed by atoms with E-state index < -0.39 is 17.9 Å². The van der Waals surface area contributed by atoms with Gasteiger partial charge in [0.15, 0.2) is 12.2 Å². The molecule has 1 aromatic heterocycles. The van der Waals surface area contributed by atoms with E-state index in [1.54, 1.807) is 30.5 Å². The van der Waals surface area contributed by atoms with Crippen molar-refractivity contribution in [1.29, 1.82) is 0 Å². The van der Waals surface area contributed by atoms with Crippen LogP contribution in [0.5, 0.6) is 0 Å². The van der Waals surface area contributed by atoms with Crippen molar-refractivity contribution in [3.05, 3.63) is 78.0 Å². The zero-order valence-corrected chi connectivity index (χ0v) is 14.6. The Kier molecular flexibility index (Phi) is 3.55. The molecule has 0 fully saturated rings. The van der Waals surface area contributed by atoms with Crippen LogP contribution < -0.4 is 10.2 Å². The maximum Gasteiger partial charge on any atom is 0.268 e. The van der Waals surface area contributed by atoms with E-state index in [0.29, 0.717) is 17.9 Å². The molecule has 0 saturated heterocycles. The van der Waals surface area contributed by atoms with E-state index in [1.807, 2.05) is 24.3 Å². The molecule has 0 aliphatic carbocycles. The van der Waals surface area contributed by atoms with Gasteiger partial charge in [0.25, 0.3) is 11.8 Å². The van der Waals surface area contributed by atoms with Crippen LogP contribution in [0.15, 0.2) is 76.9 Å². The lowest BCUT2D eigenvalue weighted by molar-refractivity contribution is -0.119. The Morgan fingerprint density at radius 1 is 1.18 bits per heavy atom. The number of anilines is 2. The van der Waals surface area contributed by atoms with Gasteiger partial charge in [-0.15, -0.1) is 0 Å². The smallest absolute Gasteiger partial charge is 0.268 e. The van der Waals surface area contributed by atoms with Gasteiger partial charge >= 0.3 is 0 Å². The molecule has 2 aliphatic heterocycles. The highest BCUT2D eigenvalue weighted by atomic mass is 16.3. The topological polar surface area (TPSA) is 95.7 Å².